The van der Waals surface area contributed by atoms with E-state index in [2.05, 4.69) is 20.7 Å². The molecule has 0 unspecified atom stereocenters. The molecular weight excluding hydrogens is 272 g/mol. The number of carbonyl (C=O) groups excluding carboxylic acids is 1. The third-order valence-corrected chi connectivity index (χ3v) is 3.09. The molecule has 0 amide bonds. The molecule has 0 aromatic heterocycles. The summed E-state index contributed by atoms with van der Waals surface area (Å²) < 4.78 is 5.65. The number of methoxy groups -OCH3 is 1. The van der Waals surface area contributed by atoms with Gasteiger partial charge in [-0.3, -0.25) is 0 Å². The number of aliphatic hydroxyl groups is 1. The van der Waals surface area contributed by atoms with Gasteiger partial charge in [-0.1, -0.05) is 15.9 Å². The van der Waals surface area contributed by atoms with Crippen molar-refractivity contribution in [2.24, 2.45) is 0 Å². The van der Waals surface area contributed by atoms with E-state index in [1.54, 1.807) is 6.07 Å². The Labute approximate surface area is 104 Å². The number of halogens is 1. The van der Waals surface area contributed by atoms with Crippen LogP contribution in [0.25, 0.3) is 0 Å². The van der Waals surface area contributed by atoms with Crippen LogP contribution in [0.3, 0.4) is 0 Å². The average Bonchev–Trinajstić information content (AvgIpc) is 2.31. The lowest BCUT2D eigenvalue weighted by Gasteiger charge is -2.06. The summed E-state index contributed by atoms with van der Waals surface area (Å²) in [5.74, 6) is -0.323. The van der Waals surface area contributed by atoms with Crippen LogP contribution in [0.15, 0.2) is 22.7 Å². The molecule has 0 saturated heterocycles. The monoisotopic (exact) mass is 286 g/mol. The molecule has 0 fully saturated rings. The number of hydrogen-bond donors (Lipinski definition) is 1. The van der Waals surface area contributed by atoms with Crippen molar-refractivity contribution < 1.29 is 14.6 Å². The summed E-state index contributed by atoms with van der Waals surface area (Å²) in [6.45, 7) is 0.203. The van der Waals surface area contributed by atoms with Gasteiger partial charge in [0, 0.05) is 11.1 Å². The van der Waals surface area contributed by atoms with Gasteiger partial charge in [0.15, 0.2) is 0 Å². The van der Waals surface area contributed by atoms with Crippen LogP contribution >= 0.6 is 15.9 Å². The van der Waals surface area contributed by atoms with E-state index in [0.29, 0.717) is 5.56 Å². The van der Waals surface area contributed by atoms with E-state index in [4.69, 9.17) is 5.11 Å². The standard InChI is InChI=1S/C12H15BrO3/c1-16-12(15)10-5-6-11(13)9(8-10)4-2-3-7-14/h5-6,8,14H,2-4,7H2,1H3. The third kappa shape index (κ3) is 3.61. The number of rotatable bonds is 5. The second-order valence-electron chi connectivity index (χ2n) is 3.48. The quantitative estimate of drug-likeness (QED) is 0.668. The molecule has 0 heterocycles. The van der Waals surface area contributed by atoms with Gasteiger partial charge in [-0.15, -0.1) is 0 Å². The van der Waals surface area contributed by atoms with Gasteiger partial charge in [-0.2, -0.15) is 0 Å². The Bertz CT molecular complexity index is 363. The lowest BCUT2D eigenvalue weighted by atomic mass is 10.1. The number of aryl methyl sites for hydroxylation is 1. The topological polar surface area (TPSA) is 46.5 Å². The number of hydrogen-bond acceptors (Lipinski definition) is 3. The molecule has 16 heavy (non-hydrogen) atoms. The van der Waals surface area contributed by atoms with Gasteiger partial charge in [0.1, 0.15) is 0 Å². The first-order valence-electron chi connectivity index (χ1n) is 5.16. The summed E-state index contributed by atoms with van der Waals surface area (Å²) in [7, 11) is 1.37. The van der Waals surface area contributed by atoms with Gasteiger partial charge in [-0.05, 0) is 43.0 Å². The first-order chi connectivity index (χ1) is 7.69. The molecular formula is C12H15BrO3. The number of unbranched alkanes of at least 4 members (excludes halogenated alkanes) is 1. The van der Waals surface area contributed by atoms with E-state index in [9.17, 15) is 4.79 Å². The van der Waals surface area contributed by atoms with E-state index >= 15 is 0 Å². The molecule has 0 aliphatic rings. The molecule has 3 nitrogen and oxygen atoms in total. The van der Waals surface area contributed by atoms with Crippen molar-refractivity contribution in [2.75, 3.05) is 13.7 Å². The molecule has 1 rings (SSSR count). The van der Waals surface area contributed by atoms with Crippen LogP contribution in [0.1, 0.15) is 28.8 Å². The van der Waals surface area contributed by atoms with Gasteiger partial charge in [0.25, 0.3) is 0 Å². The number of ether oxygens (including phenoxy) is 1. The lowest BCUT2D eigenvalue weighted by molar-refractivity contribution is 0.0600. The van der Waals surface area contributed by atoms with E-state index in [-0.39, 0.29) is 12.6 Å². The lowest BCUT2D eigenvalue weighted by Crippen LogP contribution is -2.02. The Hall–Kier alpha value is -0.870. The van der Waals surface area contributed by atoms with Crippen molar-refractivity contribution in [2.45, 2.75) is 19.3 Å². The van der Waals surface area contributed by atoms with Gasteiger partial charge < -0.3 is 9.84 Å². The Balaban J connectivity index is 2.78. The maximum absolute atomic E-state index is 11.3. The first-order valence-corrected chi connectivity index (χ1v) is 5.96. The summed E-state index contributed by atoms with van der Waals surface area (Å²) in [6, 6.07) is 5.40. The summed E-state index contributed by atoms with van der Waals surface area (Å²) in [6.07, 6.45) is 2.51. The normalized spacial score (nSPS) is 10.2. The molecule has 0 aliphatic heterocycles. The predicted molar refractivity (Wildman–Crippen MR) is 65.5 cm³/mol. The molecule has 88 valence electrons. The van der Waals surface area contributed by atoms with Crippen molar-refractivity contribution in [3.05, 3.63) is 33.8 Å². The third-order valence-electron chi connectivity index (χ3n) is 2.32. The fourth-order valence-corrected chi connectivity index (χ4v) is 1.88. The van der Waals surface area contributed by atoms with Crippen LogP contribution in [0.5, 0.6) is 0 Å². The van der Waals surface area contributed by atoms with Crippen molar-refractivity contribution >= 4 is 21.9 Å². The van der Waals surface area contributed by atoms with E-state index in [1.165, 1.54) is 7.11 Å². The van der Waals surface area contributed by atoms with Crippen LogP contribution in [0.2, 0.25) is 0 Å². The van der Waals surface area contributed by atoms with Gasteiger partial charge in [-0.25, -0.2) is 4.79 Å². The van der Waals surface area contributed by atoms with Crippen LogP contribution in [0.4, 0.5) is 0 Å². The summed E-state index contributed by atoms with van der Waals surface area (Å²) >= 11 is 3.44. The van der Waals surface area contributed by atoms with Crippen LogP contribution in [0, 0.1) is 0 Å². The zero-order chi connectivity index (χ0) is 12.0. The second-order valence-corrected chi connectivity index (χ2v) is 4.33. The molecule has 0 atom stereocenters. The van der Waals surface area contributed by atoms with Crippen molar-refractivity contribution in [1.82, 2.24) is 0 Å². The number of esters is 1. The van der Waals surface area contributed by atoms with Crippen LogP contribution < -0.4 is 0 Å². The Kier molecular flexibility index (Phi) is 5.49. The number of aliphatic hydroxyl groups excluding tert-OH is 1. The van der Waals surface area contributed by atoms with E-state index in [0.717, 1.165) is 29.3 Å². The minimum absolute atomic E-state index is 0.203. The maximum atomic E-state index is 11.3. The van der Waals surface area contributed by atoms with E-state index < -0.39 is 0 Å². The Morgan fingerprint density at radius 3 is 2.81 bits per heavy atom. The number of benzene rings is 1. The molecule has 1 N–H and O–H groups in total. The molecule has 0 bridgehead atoms. The van der Waals surface area contributed by atoms with Gasteiger partial charge >= 0.3 is 5.97 Å². The fourth-order valence-electron chi connectivity index (χ4n) is 1.44. The highest BCUT2D eigenvalue weighted by molar-refractivity contribution is 9.10. The molecule has 0 saturated carbocycles. The van der Waals surface area contributed by atoms with Gasteiger partial charge in [0.2, 0.25) is 0 Å². The van der Waals surface area contributed by atoms with Crippen LogP contribution in [-0.4, -0.2) is 24.8 Å². The van der Waals surface area contributed by atoms with Gasteiger partial charge in [0.05, 0.1) is 12.7 Å². The molecule has 0 spiro atoms. The molecule has 4 heteroatoms. The smallest absolute Gasteiger partial charge is 0.337 e. The first kappa shape index (κ1) is 13.2. The van der Waals surface area contributed by atoms with Crippen molar-refractivity contribution in [3.63, 3.8) is 0 Å². The summed E-state index contributed by atoms with van der Waals surface area (Å²) in [5, 5.41) is 8.71. The molecule has 0 radical (unpaired) electrons. The molecule has 1 aromatic carbocycles. The number of carbonyl (C=O) groups is 1. The highest BCUT2D eigenvalue weighted by atomic mass is 79.9. The largest absolute Gasteiger partial charge is 0.465 e. The zero-order valence-corrected chi connectivity index (χ0v) is 10.8. The summed E-state index contributed by atoms with van der Waals surface area (Å²) in [5.41, 5.74) is 1.63. The second kappa shape index (κ2) is 6.66. The zero-order valence-electron chi connectivity index (χ0n) is 9.20. The van der Waals surface area contributed by atoms with E-state index in [1.807, 2.05) is 12.1 Å². The van der Waals surface area contributed by atoms with Crippen molar-refractivity contribution in [1.29, 1.82) is 0 Å². The average molecular weight is 287 g/mol. The minimum atomic E-state index is -0.323. The molecule has 0 aliphatic carbocycles. The Morgan fingerprint density at radius 1 is 1.44 bits per heavy atom. The molecule has 1 aromatic rings. The van der Waals surface area contributed by atoms with Crippen LogP contribution in [-0.2, 0) is 11.2 Å². The predicted octanol–water partition coefficient (Wildman–Crippen LogP) is 2.55. The highest BCUT2D eigenvalue weighted by Gasteiger charge is 2.08. The highest BCUT2D eigenvalue weighted by Crippen LogP contribution is 2.20. The maximum Gasteiger partial charge on any atom is 0.337 e. The fraction of sp³-hybridized carbons (Fsp3) is 0.417. The Morgan fingerprint density at radius 2 is 2.19 bits per heavy atom. The SMILES string of the molecule is COC(=O)c1ccc(Br)c(CCCCO)c1. The summed E-state index contributed by atoms with van der Waals surface area (Å²) in [4.78, 5) is 11.3. The minimum Gasteiger partial charge on any atom is -0.465 e. The van der Waals surface area contributed by atoms with Crippen molar-refractivity contribution in [3.8, 4) is 0 Å².